The van der Waals surface area contributed by atoms with Crippen LogP contribution in [-0.4, -0.2) is 8.42 Å². The molecule has 0 saturated carbocycles. The number of rotatable bonds is 2. The van der Waals surface area contributed by atoms with Gasteiger partial charge in [-0.1, -0.05) is 6.07 Å². The standard InChI is InChI=1S/C10H10ClNO2S/c1-7-3-8(2)10(4-9(7)5-12)6-15(11,13)14/h3-4H,6H2,1-2H3. The largest absolute Gasteiger partial charge is 0.236 e. The topological polar surface area (TPSA) is 57.9 Å². The van der Waals surface area contributed by atoms with Crippen LogP contribution in [0.2, 0.25) is 0 Å². The maximum absolute atomic E-state index is 10.9. The fraction of sp³-hybridized carbons (Fsp3) is 0.300. The van der Waals surface area contributed by atoms with Gasteiger partial charge in [-0.15, -0.1) is 0 Å². The quantitative estimate of drug-likeness (QED) is 0.749. The van der Waals surface area contributed by atoms with Crippen molar-refractivity contribution in [2.24, 2.45) is 0 Å². The second-order valence-corrected chi connectivity index (χ2v) is 6.17. The van der Waals surface area contributed by atoms with Crippen molar-refractivity contribution in [2.45, 2.75) is 19.6 Å². The van der Waals surface area contributed by atoms with Crippen LogP contribution in [0.3, 0.4) is 0 Å². The second kappa shape index (κ2) is 4.21. The van der Waals surface area contributed by atoms with Gasteiger partial charge in [0.15, 0.2) is 0 Å². The first-order valence-corrected chi connectivity index (χ1v) is 6.74. The maximum Gasteiger partial charge on any atom is 0.236 e. The molecule has 0 heterocycles. The Hall–Kier alpha value is -1.05. The SMILES string of the molecule is Cc1cc(C)c(CS(=O)(=O)Cl)cc1C#N. The molecule has 0 radical (unpaired) electrons. The number of halogens is 1. The van der Waals surface area contributed by atoms with Crippen molar-refractivity contribution in [1.82, 2.24) is 0 Å². The number of hydrogen-bond acceptors (Lipinski definition) is 3. The fourth-order valence-corrected chi connectivity index (χ4v) is 2.39. The Bertz CT molecular complexity index is 529. The van der Waals surface area contributed by atoms with E-state index in [2.05, 4.69) is 0 Å². The van der Waals surface area contributed by atoms with Crippen molar-refractivity contribution < 1.29 is 8.42 Å². The molecule has 0 amide bonds. The first-order valence-electron chi connectivity index (χ1n) is 4.26. The minimum Gasteiger partial charge on any atom is -0.212 e. The smallest absolute Gasteiger partial charge is 0.212 e. The van der Waals surface area contributed by atoms with Crippen molar-refractivity contribution in [3.8, 4) is 6.07 Å². The molecule has 1 rings (SSSR count). The summed E-state index contributed by atoms with van der Waals surface area (Å²) in [5, 5.41) is 8.80. The summed E-state index contributed by atoms with van der Waals surface area (Å²) in [6.45, 7) is 3.61. The van der Waals surface area contributed by atoms with Crippen molar-refractivity contribution >= 4 is 19.7 Å². The highest BCUT2D eigenvalue weighted by Crippen LogP contribution is 2.19. The lowest BCUT2D eigenvalue weighted by Crippen LogP contribution is -1.99. The van der Waals surface area contributed by atoms with Gasteiger partial charge in [-0.3, -0.25) is 0 Å². The molecule has 0 aliphatic heterocycles. The van der Waals surface area contributed by atoms with E-state index in [-0.39, 0.29) is 5.75 Å². The molecule has 80 valence electrons. The molecule has 0 N–H and O–H groups in total. The third-order valence-corrected chi connectivity index (χ3v) is 3.11. The van der Waals surface area contributed by atoms with Gasteiger partial charge >= 0.3 is 0 Å². The van der Waals surface area contributed by atoms with Crippen LogP contribution in [0.5, 0.6) is 0 Å². The van der Waals surface area contributed by atoms with Gasteiger partial charge in [-0.2, -0.15) is 5.26 Å². The van der Waals surface area contributed by atoms with E-state index >= 15 is 0 Å². The number of nitriles is 1. The van der Waals surface area contributed by atoms with Crippen LogP contribution in [0.1, 0.15) is 22.3 Å². The highest BCUT2D eigenvalue weighted by atomic mass is 35.7. The lowest BCUT2D eigenvalue weighted by atomic mass is 10.0. The summed E-state index contributed by atoms with van der Waals surface area (Å²) in [7, 11) is 1.59. The third kappa shape index (κ3) is 3.22. The van der Waals surface area contributed by atoms with Crippen LogP contribution in [0.15, 0.2) is 12.1 Å². The first kappa shape index (κ1) is 12.0. The van der Waals surface area contributed by atoms with Gasteiger partial charge in [-0.05, 0) is 36.6 Å². The zero-order valence-corrected chi connectivity index (χ0v) is 9.98. The maximum atomic E-state index is 10.9. The van der Waals surface area contributed by atoms with Gasteiger partial charge in [0, 0.05) is 10.7 Å². The fourth-order valence-electron chi connectivity index (χ4n) is 1.36. The van der Waals surface area contributed by atoms with Gasteiger partial charge in [0.05, 0.1) is 17.4 Å². The first-order chi connectivity index (χ1) is 6.83. The summed E-state index contributed by atoms with van der Waals surface area (Å²) in [6, 6.07) is 5.37. The minimum absolute atomic E-state index is 0.241. The van der Waals surface area contributed by atoms with Crippen LogP contribution in [0, 0.1) is 25.2 Å². The van der Waals surface area contributed by atoms with E-state index in [1.54, 1.807) is 19.1 Å². The Morgan fingerprint density at radius 3 is 2.40 bits per heavy atom. The lowest BCUT2D eigenvalue weighted by molar-refractivity contribution is 0.608. The van der Waals surface area contributed by atoms with Crippen LogP contribution < -0.4 is 0 Å². The van der Waals surface area contributed by atoms with Crippen molar-refractivity contribution in [1.29, 1.82) is 5.26 Å². The van der Waals surface area contributed by atoms with Crippen LogP contribution in [0.25, 0.3) is 0 Å². The van der Waals surface area contributed by atoms with E-state index in [1.165, 1.54) is 0 Å². The average Bonchev–Trinajstić information content (AvgIpc) is 2.07. The Labute approximate surface area is 93.7 Å². The van der Waals surface area contributed by atoms with E-state index in [4.69, 9.17) is 15.9 Å². The highest BCUT2D eigenvalue weighted by Gasteiger charge is 2.11. The van der Waals surface area contributed by atoms with Crippen LogP contribution in [0.4, 0.5) is 0 Å². The van der Waals surface area contributed by atoms with Gasteiger partial charge in [0.2, 0.25) is 9.05 Å². The van der Waals surface area contributed by atoms with E-state index in [1.807, 2.05) is 13.0 Å². The van der Waals surface area contributed by atoms with Crippen molar-refractivity contribution in [3.63, 3.8) is 0 Å². The molecule has 1 aromatic rings. The molecule has 0 fully saturated rings. The van der Waals surface area contributed by atoms with Crippen LogP contribution in [-0.2, 0) is 14.8 Å². The summed E-state index contributed by atoms with van der Waals surface area (Å²) < 4.78 is 21.8. The summed E-state index contributed by atoms with van der Waals surface area (Å²) in [5.74, 6) is -0.241. The molecule has 0 bridgehead atoms. The molecular weight excluding hydrogens is 234 g/mol. The normalized spacial score (nSPS) is 11.1. The third-order valence-electron chi connectivity index (χ3n) is 2.13. The number of hydrogen-bond donors (Lipinski definition) is 0. The molecular formula is C10H10ClNO2S. The molecule has 0 unspecified atom stereocenters. The highest BCUT2D eigenvalue weighted by molar-refractivity contribution is 8.13. The molecule has 0 aliphatic carbocycles. The molecule has 0 aliphatic rings. The van der Waals surface area contributed by atoms with Gasteiger partial charge < -0.3 is 0 Å². The monoisotopic (exact) mass is 243 g/mol. The second-order valence-electron chi connectivity index (χ2n) is 3.39. The predicted octanol–water partition coefficient (Wildman–Crippen LogP) is 2.24. The Morgan fingerprint density at radius 2 is 1.93 bits per heavy atom. The molecule has 0 aromatic heterocycles. The van der Waals surface area contributed by atoms with Gasteiger partial charge in [0.25, 0.3) is 0 Å². The van der Waals surface area contributed by atoms with E-state index < -0.39 is 9.05 Å². The average molecular weight is 244 g/mol. The van der Waals surface area contributed by atoms with Gasteiger partial charge in [0.1, 0.15) is 0 Å². The zero-order valence-electron chi connectivity index (χ0n) is 8.41. The minimum atomic E-state index is -3.57. The van der Waals surface area contributed by atoms with E-state index in [0.717, 1.165) is 11.1 Å². The Kier molecular flexibility index (Phi) is 3.38. The number of benzene rings is 1. The summed E-state index contributed by atoms with van der Waals surface area (Å²) in [6.07, 6.45) is 0. The molecule has 0 saturated heterocycles. The summed E-state index contributed by atoms with van der Waals surface area (Å²) in [5.41, 5.74) is 2.73. The van der Waals surface area contributed by atoms with Crippen molar-refractivity contribution in [2.75, 3.05) is 0 Å². The molecule has 0 spiro atoms. The molecule has 5 heteroatoms. The predicted molar refractivity (Wildman–Crippen MR) is 59.1 cm³/mol. The lowest BCUT2D eigenvalue weighted by Gasteiger charge is -2.06. The number of aryl methyl sites for hydroxylation is 2. The zero-order chi connectivity index (χ0) is 11.6. The Morgan fingerprint density at radius 1 is 1.33 bits per heavy atom. The summed E-state index contributed by atoms with van der Waals surface area (Å²) >= 11 is 0. The molecule has 1 aromatic carbocycles. The summed E-state index contributed by atoms with van der Waals surface area (Å²) in [4.78, 5) is 0. The molecule has 3 nitrogen and oxygen atoms in total. The van der Waals surface area contributed by atoms with Crippen LogP contribution >= 0.6 is 10.7 Å². The van der Waals surface area contributed by atoms with Crippen molar-refractivity contribution in [3.05, 3.63) is 34.4 Å². The van der Waals surface area contributed by atoms with Gasteiger partial charge in [-0.25, -0.2) is 8.42 Å². The van der Waals surface area contributed by atoms with E-state index in [9.17, 15) is 8.42 Å². The number of nitrogens with zero attached hydrogens (tertiary/aromatic N) is 1. The molecule has 0 atom stereocenters. The van der Waals surface area contributed by atoms with E-state index in [0.29, 0.717) is 11.1 Å². The molecule has 15 heavy (non-hydrogen) atoms. The Balaban J connectivity index is 3.27.